The summed E-state index contributed by atoms with van der Waals surface area (Å²) in [6.07, 6.45) is 5.14. The number of nitrogens with one attached hydrogen (secondary N) is 5. The van der Waals surface area contributed by atoms with Crippen LogP contribution in [0.3, 0.4) is 0 Å². The van der Waals surface area contributed by atoms with Crippen LogP contribution in [0.15, 0.2) is 0 Å². The number of amides is 4. The largest absolute Gasteiger partial charge is 0.667 e. The first-order chi connectivity index (χ1) is 17.1. The average Bonchev–Trinajstić information content (AvgIpc) is 2.84. The third kappa shape index (κ3) is 15.3. The summed E-state index contributed by atoms with van der Waals surface area (Å²) < 4.78 is 0. The number of carboxylic acid groups (broad SMARTS) is 1. The summed E-state index contributed by atoms with van der Waals surface area (Å²) in [5.41, 5.74) is 7.77. The molecule has 0 rings (SSSR count). The van der Waals surface area contributed by atoms with Crippen LogP contribution < -0.4 is 21.3 Å². The van der Waals surface area contributed by atoms with Crippen molar-refractivity contribution in [3.05, 3.63) is 5.73 Å². The fourth-order valence-corrected chi connectivity index (χ4v) is 3.91. The van der Waals surface area contributed by atoms with E-state index in [1.165, 1.54) is 11.8 Å². The number of carboxylic acids is 1. The number of hydrogen-bond donors (Lipinski definition) is 5. The van der Waals surface area contributed by atoms with Crippen LogP contribution in [-0.2, 0) is 24.0 Å². The monoisotopic (exact) mass is 757 g/mol. The smallest absolute Gasteiger partial charge is 0.326 e. The maximum atomic E-state index is 13.1. The van der Waals surface area contributed by atoms with Crippen molar-refractivity contribution in [3.8, 4) is 0 Å². The molecule has 0 aromatic rings. The van der Waals surface area contributed by atoms with E-state index in [0.29, 0.717) is 50.7 Å². The van der Waals surface area contributed by atoms with Gasteiger partial charge >= 0.3 is 5.97 Å². The predicted octanol–water partition coefficient (Wildman–Crippen LogP) is 1.99. The molecule has 11 nitrogen and oxygen atoms in total. The summed E-state index contributed by atoms with van der Waals surface area (Å²) in [5.74, 6) is -2.79. The Bertz CT molecular complexity index is 730. The Balaban J connectivity index is 0. The van der Waals surface area contributed by atoms with E-state index in [1.54, 1.807) is 6.92 Å². The molecule has 37 heavy (non-hydrogen) atoms. The third-order valence-corrected chi connectivity index (χ3v) is 6.22. The van der Waals surface area contributed by atoms with Gasteiger partial charge in [-0.15, -0.1) is 0 Å². The van der Waals surface area contributed by atoms with E-state index >= 15 is 0 Å². The molecule has 4 amide bonds. The van der Waals surface area contributed by atoms with Gasteiger partial charge in [-0.05, 0) is 37.7 Å². The van der Waals surface area contributed by atoms with E-state index in [1.807, 2.05) is 27.0 Å². The van der Waals surface area contributed by atoms with E-state index < -0.39 is 59.8 Å². The standard InChI is InChI=1S/C24H44N5O6S.Ac/c1-6-10-16(26-20(30)15(25)9-4)21(31)28-18(13-14-36-5)23(33)27-17(11-7-2)22(32)29-19(12-8-3)24(34)35;/h15-19,25H,6-14H2,1-5H3,(H,26,30)(H,27,33)(H,28,31)(H,29,32)(H,34,35);/q-1;/t15-,16-,17-,18-,19-;/m0./s1. The molecular weight excluding hydrogens is 713 g/mol. The first-order valence-corrected chi connectivity index (χ1v) is 14.1. The van der Waals surface area contributed by atoms with Crippen LogP contribution in [0.5, 0.6) is 0 Å². The number of aliphatic carboxylic acids is 1. The Morgan fingerprint density at radius 3 is 1.38 bits per heavy atom. The van der Waals surface area contributed by atoms with Crippen LogP contribution >= 0.6 is 11.8 Å². The molecule has 0 aliphatic heterocycles. The van der Waals surface area contributed by atoms with Gasteiger partial charge in [0.15, 0.2) is 0 Å². The summed E-state index contributed by atoms with van der Waals surface area (Å²) in [4.78, 5) is 62.5. The molecule has 0 aliphatic carbocycles. The van der Waals surface area contributed by atoms with Gasteiger partial charge in [-0.3, -0.25) is 19.2 Å². The molecule has 0 spiro atoms. The van der Waals surface area contributed by atoms with Crippen LogP contribution in [0.4, 0.5) is 0 Å². The van der Waals surface area contributed by atoms with Gasteiger partial charge in [-0.2, -0.15) is 11.8 Å². The number of carbonyl (C=O) groups excluding carboxylic acids is 4. The molecule has 0 aliphatic rings. The molecule has 0 aromatic carbocycles. The molecule has 0 saturated carbocycles. The van der Waals surface area contributed by atoms with E-state index in [-0.39, 0.29) is 50.5 Å². The van der Waals surface area contributed by atoms with Gasteiger partial charge in [0.05, 0.1) is 0 Å². The summed E-state index contributed by atoms with van der Waals surface area (Å²) in [5, 5.41) is 19.8. The minimum Gasteiger partial charge on any atom is -0.667 e. The molecular formula is C24H44AcN5O6S-. The summed E-state index contributed by atoms with van der Waals surface area (Å²) >= 11 is 1.49. The second-order valence-corrected chi connectivity index (χ2v) is 9.68. The minimum absolute atomic E-state index is 0. The van der Waals surface area contributed by atoms with Crippen LogP contribution in [0, 0.1) is 44.1 Å². The van der Waals surface area contributed by atoms with E-state index in [0.717, 1.165) is 0 Å². The van der Waals surface area contributed by atoms with Gasteiger partial charge in [-0.1, -0.05) is 59.4 Å². The quantitative estimate of drug-likeness (QED) is 0.134. The molecule has 0 heterocycles. The third-order valence-electron chi connectivity index (χ3n) is 5.58. The Hall–Kier alpha value is -0.898. The molecule has 6 N–H and O–H groups in total. The molecule has 0 unspecified atom stereocenters. The molecule has 0 aromatic heterocycles. The van der Waals surface area contributed by atoms with E-state index in [2.05, 4.69) is 21.3 Å². The summed E-state index contributed by atoms with van der Waals surface area (Å²) in [7, 11) is 0. The Labute approximate surface area is 260 Å². The minimum atomic E-state index is -1.14. The average molecular weight is 758 g/mol. The zero-order valence-corrected chi connectivity index (χ0v) is 28.3. The number of carbonyl (C=O) groups is 5. The van der Waals surface area contributed by atoms with Gasteiger partial charge in [0.25, 0.3) is 0 Å². The topological polar surface area (TPSA) is 178 Å². The normalized spacial score (nSPS) is 14.6. The summed E-state index contributed by atoms with van der Waals surface area (Å²) in [6, 6.07) is -4.81. The first-order valence-electron chi connectivity index (χ1n) is 12.7. The molecule has 0 bridgehead atoms. The number of thioether (sulfide) groups is 1. The van der Waals surface area contributed by atoms with Crippen molar-refractivity contribution in [1.29, 1.82) is 0 Å². The zero-order valence-electron chi connectivity index (χ0n) is 22.7. The van der Waals surface area contributed by atoms with Gasteiger partial charge < -0.3 is 32.1 Å². The Morgan fingerprint density at radius 2 is 1.03 bits per heavy atom. The van der Waals surface area contributed by atoms with Crippen LogP contribution in [-0.4, -0.2) is 76.9 Å². The molecule has 13 heteroatoms. The van der Waals surface area contributed by atoms with E-state index in [9.17, 15) is 29.1 Å². The molecule has 211 valence electrons. The van der Waals surface area contributed by atoms with Crippen molar-refractivity contribution in [3.63, 3.8) is 0 Å². The van der Waals surface area contributed by atoms with Gasteiger partial charge in [-0.25, -0.2) is 4.79 Å². The molecule has 5 atom stereocenters. The van der Waals surface area contributed by atoms with Crippen molar-refractivity contribution in [2.24, 2.45) is 0 Å². The molecule has 0 fully saturated rings. The van der Waals surface area contributed by atoms with Crippen molar-refractivity contribution in [2.75, 3.05) is 12.0 Å². The van der Waals surface area contributed by atoms with Crippen LogP contribution in [0.1, 0.15) is 79.1 Å². The van der Waals surface area contributed by atoms with Gasteiger partial charge in [0.1, 0.15) is 24.2 Å². The van der Waals surface area contributed by atoms with E-state index in [4.69, 9.17) is 5.73 Å². The number of rotatable bonds is 19. The fraction of sp³-hybridized carbons (Fsp3) is 0.792. The molecule has 1 radical (unpaired) electrons. The van der Waals surface area contributed by atoms with Crippen molar-refractivity contribution >= 4 is 41.4 Å². The second kappa shape index (κ2) is 22.0. The van der Waals surface area contributed by atoms with Crippen molar-refractivity contribution in [2.45, 2.75) is 109 Å². The summed E-state index contributed by atoms with van der Waals surface area (Å²) in [6.45, 7) is 7.22. The predicted molar refractivity (Wildman–Crippen MR) is 141 cm³/mol. The van der Waals surface area contributed by atoms with Crippen molar-refractivity contribution in [1.82, 2.24) is 21.3 Å². The first kappa shape index (κ1) is 38.2. The van der Waals surface area contributed by atoms with Crippen LogP contribution in [0.25, 0.3) is 5.73 Å². The van der Waals surface area contributed by atoms with Gasteiger partial charge in [0, 0.05) is 44.1 Å². The second-order valence-electron chi connectivity index (χ2n) is 8.69. The maximum Gasteiger partial charge on any atom is 0.326 e. The maximum absolute atomic E-state index is 13.1. The molecule has 0 saturated heterocycles. The SMILES string of the molecule is CCC[C@H](NC(=O)[C@H](CCC)NC(=O)[C@H](CCSC)NC(=O)[C@H](CCC)NC(=O)[C@@H]([NH-])CC)C(=O)O.[Ac]. The Kier molecular flexibility index (Phi) is 22.7. The number of hydrogen-bond acceptors (Lipinski definition) is 6. The zero-order chi connectivity index (χ0) is 27.7. The van der Waals surface area contributed by atoms with Crippen molar-refractivity contribution < 1.29 is 73.1 Å². The fourth-order valence-electron chi connectivity index (χ4n) is 3.44. The van der Waals surface area contributed by atoms with Crippen LogP contribution in [0.2, 0.25) is 0 Å². The Morgan fingerprint density at radius 1 is 0.676 bits per heavy atom. The van der Waals surface area contributed by atoms with Gasteiger partial charge in [0.2, 0.25) is 23.6 Å².